The number of anilines is 1. The van der Waals surface area contributed by atoms with Crippen LogP contribution in [0.4, 0.5) is 19.1 Å². The minimum Gasteiger partial charge on any atom is -0.486 e. The molecule has 3 aromatic rings. The van der Waals surface area contributed by atoms with Gasteiger partial charge in [-0.3, -0.25) is 19.9 Å². The van der Waals surface area contributed by atoms with Gasteiger partial charge in [0.15, 0.2) is 0 Å². The van der Waals surface area contributed by atoms with Crippen LogP contribution in [-0.4, -0.2) is 63.7 Å². The van der Waals surface area contributed by atoms with Crippen LogP contribution >= 0.6 is 11.6 Å². The van der Waals surface area contributed by atoms with Crippen LogP contribution < -0.4 is 10.1 Å². The topological polar surface area (TPSA) is 98.6 Å². The number of hydrogen-bond acceptors (Lipinski definition) is 6. The maximum Gasteiger partial charge on any atom is 0.433 e. The summed E-state index contributed by atoms with van der Waals surface area (Å²) in [6, 6.07) is 4.91. The average molecular weight is 578 g/mol. The Morgan fingerprint density at radius 3 is 2.77 bits per heavy atom. The van der Waals surface area contributed by atoms with Crippen molar-refractivity contribution in [1.82, 2.24) is 19.4 Å². The quantitative estimate of drug-likeness (QED) is 0.401. The van der Waals surface area contributed by atoms with Crippen LogP contribution in [0.15, 0.2) is 43.1 Å². The van der Waals surface area contributed by atoms with E-state index >= 15 is 0 Å². The van der Waals surface area contributed by atoms with E-state index in [1.807, 2.05) is 0 Å². The molecule has 2 atom stereocenters. The largest absolute Gasteiger partial charge is 0.486 e. The van der Waals surface area contributed by atoms with E-state index in [-0.39, 0.29) is 34.6 Å². The second-order valence-electron chi connectivity index (χ2n) is 9.67. The van der Waals surface area contributed by atoms with Gasteiger partial charge in [-0.15, -0.1) is 0 Å². The fourth-order valence-corrected chi connectivity index (χ4v) is 5.30. The predicted octanol–water partition coefficient (Wildman–Crippen LogP) is 5.26. The van der Waals surface area contributed by atoms with Gasteiger partial charge in [0.05, 0.1) is 30.3 Å². The number of halogens is 4. The van der Waals surface area contributed by atoms with E-state index in [0.717, 1.165) is 19.0 Å². The number of imidazole rings is 1. The molecule has 40 heavy (non-hydrogen) atoms. The summed E-state index contributed by atoms with van der Waals surface area (Å²) in [5.74, 6) is -0.519. The normalized spacial score (nSPS) is 19.9. The maximum absolute atomic E-state index is 13.2. The average Bonchev–Trinajstić information content (AvgIpc) is 3.50. The third-order valence-electron chi connectivity index (χ3n) is 6.97. The maximum atomic E-state index is 13.2. The van der Waals surface area contributed by atoms with Crippen LogP contribution in [0.25, 0.3) is 11.0 Å². The SMILES string of the molecule is C=CC(=O)N1CCCCC(n2c(NC(=O)c3ccnc(C(F)(F)F)c3)nc3ccc(O[C@@H]4CCOC4)c(Cl)c32)C1. The monoisotopic (exact) mass is 577 g/mol. The third-order valence-corrected chi connectivity index (χ3v) is 7.34. The first kappa shape index (κ1) is 27.9. The Bertz CT molecular complexity index is 1440. The summed E-state index contributed by atoms with van der Waals surface area (Å²) in [7, 11) is 0. The lowest BCUT2D eigenvalue weighted by Crippen LogP contribution is -2.34. The predicted molar refractivity (Wildman–Crippen MR) is 141 cm³/mol. The molecule has 4 heterocycles. The Hall–Kier alpha value is -3.64. The number of amides is 2. The number of benzene rings is 1. The molecule has 0 saturated carbocycles. The van der Waals surface area contributed by atoms with Crippen molar-refractivity contribution in [2.75, 3.05) is 31.6 Å². The molecule has 1 aromatic carbocycles. The van der Waals surface area contributed by atoms with Crippen molar-refractivity contribution < 1.29 is 32.2 Å². The zero-order valence-corrected chi connectivity index (χ0v) is 22.2. The van der Waals surface area contributed by atoms with E-state index in [9.17, 15) is 22.8 Å². The molecule has 13 heteroatoms. The highest BCUT2D eigenvalue weighted by molar-refractivity contribution is 6.36. The van der Waals surface area contributed by atoms with Gasteiger partial charge in [-0.05, 0) is 49.6 Å². The van der Waals surface area contributed by atoms with E-state index in [1.54, 1.807) is 21.6 Å². The number of carbonyl (C=O) groups excluding carboxylic acids is 2. The zero-order valence-electron chi connectivity index (χ0n) is 21.4. The van der Waals surface area contributed by atoms with Gasteiger partial charge in [-0.25, -0.2) is 4.98 Å². The number of nitrogens with zero attached hydrogens (tertiary/aromatic N) is 4. The Balaban J connectivity index is 1.57. The van der Waals surface area contributed by atoms with Crippen molar-refractivity contribution in [2.24, 2.45) is 0 Å². The standard InChI is InChI=1S/C27H27ClF3N5O4/c1-2-22(37)35-11-4-3-5-17(14-35)36-24-19(6-7-20(23(24)28)40-18-9-12-39-15-18)33-26(36)34-25(38)16-8-10-32-21(13-16)27(29,30)31/h2,6-8,10,13,17-18H,1,3-5,9,11-12,14-15H2,(H,33,34,38)/t17?,18-/m1/s1. The number of rotatable bonds is 6. The molecular weight excluding hydrogens is 551 g/mol. The Morgan fingerprint density at radius 1 is 1.23 bits per heavy atom. The minimum atomic E-state index is -4.71. The van der Waals surface area contributed by atoms with Crippen LogP contribution in [-0.2, 0) is 15.7 Å². The summed E-state index contributed by atoms with van der Waals surface area (Å²) in [4.78, 5) is 35.3. The van der Waals surface area contributed by atoms with Gasteiger partial charge < -0.3 is 18.9 Å². The second kappa shape index (κ2) is 11.5. The molecule has 2 amide bonds. The van der Waals surface area contributed by atoms with Gasteiger partial charge in [0, 0.05) is 31.3 Å². The molecule has 0 aliphatic carbocycles. The van der Waals surface area contributed by atoms with Crippen LogP contribution in [0.5, 0.6) is 5.75 Å². The molecule has 0 radical (unpaired) electrons. The highest BCUT2D eigenvalue weighted by Crippen LogP contribution is 2.39. The third kappa shape index (κ3) is 5.78. The zero-order chi connectivity index (χ0) is 28.4. The Kier molecular flexibility index (Phi) is 7.99. The molecule has 0 spiro atoms. The molecule has 1 N–H and O–H groups in total. The summed E-state index contributed by atoms with van der Waals surface area (Å²) in [5.41, 5.74) is -0.484. The van der Waals surface area contributed by atoms with Gasteiger partial charge in [0.2, 0.25) is 11.9 Å². The van der Waals surface area contributed by atoms with Gasteiger partial charge in [-0.1, -0.05) is 18.2 Å². The summed E-state index contributed by atoms with van der Waals surface area (Å²) in [5, 5.41) is 2.94. The van der Waals surface area contributed by atoms with Gasteiger partial charge >= 0.3 is 6.18 Å². The van der Waals surface area contributed by atoms with Crippen molar-refractivity contribution in [3.8, 4) is 5.75 Å². The lowest BCUT2D eigenvalue weighted by Gasteiger charge is -2.26. The summed E-state index contributed by atoms with van der Waals surface area (Å²) in [6.45, 7) is 5.44. The van der Waals surface area contributed by atoms with E-state index in [0.29, 0.717) is 62.0 Å². The van der Waals surface area contributed by atoms with Crippen molar-refractivity contribution in [1.29, 1.82) is 0 Å². The molecule has 0 bridgehead atoms. The minimum absolute atomic E-state index is 0.0894. The van der Waals surface area contributed by atoms with E-state index in [1.165, 1.54) is 12.1 Å². The lowest BCUT2D eigenvalue weighted by molar-refractivity contribution is -0.141. The van der Waals surface area contributed by atoms with Gasteiger partial charge in [0.25, 0.3) is 5.91 Å². The van der Waals surface area contributed by atoms with Crippen molar-refractivity contribution in [3.63, 3.8) is 0 Å². The molecule has 212 valence electrons. The summed E-state index contributed by atoms with van der Waals surface area (Å²) >= 11 is 6.88. The Labute approximate surface area is 232 Å². The number of aromatic nitrogens is 3. The van der Waals surface area contributed by atoms with Crippen LogP contribution in [0.1, 0.15) is 47.8 Å². The van der Waals surface area contributed by atoms with E-state index in [4.69, 9.17) is 21.1 Å². The van der Waals surface area contributed by atoms with Crippen LogP contribution in [0.3, 0.4) is 0 Å². The smallest absolute Gasteiger partial charge is 0.433 e. The highest BCUT2D eigenvalue weighted by atomic mass is 35.5. The first-order valence-electron chi connectivity index (χ1n) is 12.9. The van der Waals surface area contributed by atoms with Crippen molar-refractivity contribution in [2.45, 2.75) is 44.0 Å². The number of carbonyl (C=O) groups is 2. The van der Waals surface area contributed by atoms with Crippen molar-refractivity contribution >= 4 is 40.4 Å². The molecule has 2 aliphatic heterocycles. The molecule has 2 aliphatic rings. The number of pyridine rings is 1. The second-order valence-corrected chi connectivity index (χ2v) is 10.1. The first-order chi connectivity index (χ1) is 19.2. The molecule has 2 aromatic heterocycles. The molecule has 5 rings (SSSR count). The number of fused-ring (bicyclic) bond motifs is 1. The number of likely N-dealkylation sites (tertiary alicyclic amines) is 1. The van der Waals surface area contributed by atoms with Gasteiger partial charge in [-0.2, -0.15) is 13.2 Å². The summed E-state index contributed by atoms with van der Waals surface area (Å²) in [6.07, 6.45) is 0.205. The fourth-order valence-electron chi connectivity index (χ4n) is 5.01. The molecule has 2 saturated heterocycles. The molecular formula is C27H27ClF3N5O4. The van der Waals surface area contributed by atoms with Crippen LogP contribution in [0, 0.1) is 0 Å². The number of hydrogen-bond donors (Lipinski definition) is 1. The number of alkyl halides is 3. The summed E-state index contributed by atoms with van der Waals surface area (Å²) < 4.78 is 52.9. The van der Waals surface area contributed by atoms with E-state index in [2.05, 4.69) is 21.9 Å². The molecule has 9 nitrogen and oxygen atoms in total. The Morgan fingerprint density at radius 2 is 2.05 bits per heavy atom. The van der Waals surface area contributed by atoms with Gasteiger partial charge in [0.1, 0.15) is 22.6 Å². The number of nitrogens with one attached hydrogen (secondary N) is 1. The first-order valence-corrected chi connectivity index (χ1v) is 13.2. The molecule has 1 unspecified atom stereocenters. The van der Waals surface area contributed by atoms with Crippen LogP contribution in [0.2, 0.25) is 5.02 Å². The fraction of sp³-hybridized carbons (Fsp3) is 0.407. The molecule has 2 fully saturated rings. The van der Waals surface area contributed by atoms with Crippen molar-refractivity contribution in [3.05, 3.63) is 59.4 Å². The van der Waals surface area contributed by atoms with E-state index < -0.39 is 17.8 Å². The highest BCUT2D eigenvalue weighted by Gasteiger charge is 2.33. The lowest BCUT2D eigenvalue weighted by atomic mass is 10.1. The number of ether oxygens (including phenoxy) is 2.